The fourth-order valence-electron chi connectivity index (χ4n) is 2.49. The molecule has 2 heterocycles. The molecule has 0 unspecified atom stereocenters. The Morgan fingerprint density at radius 1 is 1.32 bits per heavy atom. The molecule has 1 fully saturated rings. The number of piperazine rings is 1. The van der Waals surface area contributed by atoms with Gasteiger partial charge in [0.05, 0.1) is 12.1 Å². The van der Waals surface area contributed by atoms with Crippen LogP contribution in [0.15, 0.2) is 30.5 Å². The summed E-state index contributed by atoms with van der Waals surface area (Å²) in [5, 5.41) is 3.65. The van der Waals surface area contributed by atoms with Crippen molar-refractivity contribution >= 4 is 22.7 Å². The van der Waals surface area contributed by atoms with Crippen molar-refractivity contribution in [1.82, 2.24) is 14.8 Å². The van der Waals surface area contributed by atoms with E-state index in [1.165, 1.54) is 0 Å². The molecule has 0 aliphatic carbocycles. The fourth-order valence-corrected chi connectivity index (χ4v) is 2.49. The van der Waals surface area contributed by atoms with Crippen molar-refractivity contribution in [3.05, 3.63) is 36.0 Å². The molecular formula is C14H15N3O2. The number of hydrogen-bond acceptors (Lipinski definition) is 2. The van der Waals surface area contributed by atoms with E-state index in [1.54, 1.807) is 4.90 Å². The fraction of sp³-hybridized carbons (Fsp3) is 0.286. The molecule has 0 saturated carbocycles. The summed E-state index contributed by atoms with van der Waals surface area (Å²) in [5.74, 6) is -0.175. The van der Waals surface area contributed by atoms with Gasteiger partial charge in [-0.3, -0.25) is 9.59 Å². The molecule has 1 aromatic heterocycles. The molecule has 1 aromatic carbocycles. The minimum atomic E-state index is -0.0974. The highest BCUT2D eigenvalue weighted by molar-refractivity contribution is 6.07. The van der Waals surface area contributed by atoms with Crippen LogP contribution in [0.25, 0.3) is 10.9 Å². The van der Waals surface area contributed by atoms with Crippen LogP contribution in [0.4, 0.5) is 0 Å². The Bertz CT molecular complexity index is 660. The number of aryl methyl sites for hydroxylation is 1. The third kappa shape index (κ3) is 1.97. The van der Waals surface area contributed by atoms with Crippen LogP contribution in [0.5, 0.6) is 0 Å². The first-order valence-corrected chi connectivity index (χ1v) is 6.27. The van der Waals surface area contributed by atoms with Crippen molar-refractivity contribution in [2.24, 2.45) is 7.05 Å². The van der Waals surface area contributed by atoms with Crippen LogP contribution in [0.1, 0.15) is 10.4 Å². The molecule has 1 aliphatic heterocycles. The van der Waals surface area contributed by atoms with Crippen molar-refractivity contribution in [3.8, 4) is 0 Å². The lowest BCUT2D eigenvalue weighted by Crippen LogP contribution is -2.49. The lowest BCUT2D eigenvalue weighted by molar-refractivity contribution is -0.123. The first kappa shape index (κ1) is 11.8. The number of carbonyl (C=O) groups is 2. The summed E-state index contributed by atoms with van der Waals surface area (Å²) >= 11 is 0. The molecule has 0 atom stereocenters. The average Bonchev–Trinajstić information content (AvgIpc) is 2.76. The van der Waals surface area contributed by atoms with Gasteiger partial charge < -0.3 is 14.8 Å². The maximum absolute atomic E-state index is 12.5. The molecular weight excluding hydrogens is 242 g/mol. The van der Waals surface area contributed by atoms with E-state index in [4.69, 9.17) is 0 Å². The molecule has 19 heavy (non-hydrogen) atoms. The molecule has 2 amide bonds. The van der Waals surface area contributed by atoms with Crippen LogP contribution in [-0.4, -0.2) is 40.9 Å². The zero-order valence-electron chi connectivity index (χ0n) is 10.7. The highest BCUT2D eigenvalue weighted by Crippen LogP contribution is 2.21. The Labute approximate surface area is 110 Å². The summed E-state index contributed by atoms with van der Waals surface area (Å²) in [7, 11) is 1.92. The number of para-hydroxylation sites is 1. The second kappa shape index (κ2) is 4.42. The number of fused-ring (bicyclic) bond motifs is 1. The Kier molecular flexibility index (Phi) is 2.74. The van der Waals surface area contributed by atoms with Gasteiger partial charge in [0.1, 0.15) is 0 Å². The van der Waals surface area contributed by atoms with Crippen molar-refractivity contribution in [1.29, 1.82) is 0 Å². The third-order valence-corrected chi connectivity index (χ3v) is 3.45. The quantitative estimate of drug-likeness (QED) is 0.819. The van der Waals surface area contributed by atoms with Gasteiger partial charge in [-0.1, -0.05) is 18.2 Å². The molecule has 1 aliphatic rings. The standard InChI is InChI=1S/C14H15N3O2/c1-16-8-11(10-4-2-3-5-12(10)16)14(19)17-7-6-15-13(18)9-17/h2-5,8H,6-7,9H2,1H3,(H,15,18). The van der Waals surface area contributed by atoms with Crippen LogP contribution in [0, 0.1) is 0 Å². The molecule has 5 nitrogen and oxygen atoms in total. The SMILES string of the molecule is Cn1cc(C(=O)N2CCNC(=O)C2)c2ccccc21. The van der Waals surface area contributed by atoms with Crippen LogP contribution in [-0.2, 0) is 11.8 Å². The van der Waals surface area contributed by atoms with Crippen molar-refractivity contribution in [2.75, 3.05) is 19.6 Å². The molecule has 0 bridgehead atoms. The van der Waals surface area contributed by atoms with Gasteiger partial charge >= 0.3 is 0 Å². The number of nitrogens with one attached hydrogen (secondary N) is 1. The Balaban J connectivity index is 2.00. The zero-order chi connectivity index (χ0) is 13.4. The minimum Gasteiger partial charge on any atom is -0.353 e. The summed E-state index contributed by atoms with van der Waals surface area (Å²) in [6.07, 6.45) is 1.83. The maximum Gasteiger partial charge on any atom is 0.256 e. The van der Waals surface area contributed by atoms with Gasteiger partial charge in [-0.25, -0.2) is 0 Å². The Morgan fingerprint density at radius 3 is 2.89 bits per heavy atom. The van der Waals surface area contributed by atoms with Crippen LogP contribution < -0.4 is 5.32 Å². The summed E-state index contributed by atoms with van der Waals surface area (Å²) in [5.41, 5.74) is 1.68. The molecule has 98 valence electrons. The lowest BCUT2D eigenvalue weighted by atomic mass is 10.1. The van der Waals surface area contributed by atoms with E-state index in [-0.39, 0.29) is 18.4 Å². The van der Waals surface area contributed by atoms with Gasteiger partial charge in [-0.05, 0) is 6.07 Å². The van der Waals surface area contributed by atoms with Gasteiger partial charge in [0.25, 0.3) is 5.91 Å². The van der Waals surface area contributed by atoms with Gasteiger partial charge in [-0.15, -0.1) is 0 Å². The van der Waals surface area contributed by atoms with E-state index in [0.717, 1.165) is 10.9 Å². The molecule has 0 radical (unpaired) electrons. The van der Waals surface area contributed by atoms with E-state index in [2.05, 4.69) is 5.32 Å². The predicted molar refractivity (Wildman–Crippen MR) is 71.8 cm³/mol. The summed E-state index contributed by atoms with van der Waals surface area (Å²) in [6.45, 7) is 1.23. The highest BCUT2D eigenvalue weighted by Gasteiger charge is 2.24. The van der Waals surface area contributed by atoms with Crippen LogP contribution >= 0.6 is 0 Å². The minimum absolute atomic E-state index is 0.0772. The molecule has 5 heteroatoms. The average molecular weight is 257 g/mol. The highest BCUT2D eigenvalue weighted by atomic mass is 16.2. The molecule has 2 aromatic rings. The topological polar surface area (TPSA) is 54.3 Å². The molecule has 0 spiro atoms. The molecule has 3 rings (SSSR count). The third-order valence-electron chi connectivity index (χ3n) is 3.45. The number of nitrogens with zero attached hydrogens (tertiary/aromatic N) is 2. The summed E-state index contributed by atoms with van der Waals surface area (Å²) in [6, 6.07) is 7.79. The number of aromatic nitrogens is 1. The van der Waals surface area contributed by atoms with Crippen molar-refractivity contribution in [2.45, 2.75) is 0 Å². The predicted octanol–water partition coefficient (Wildman–Crippen LogP) is 0.750. The number of amides is 2. The number of benzene rings is 1. The van der Waals surface area contributed by atoms with Gasteiger partial charge in [0.2, 0.25) is 5.91 Å². The smallest absolute Gasteiger partial charge is 0.256 e. The van der Waals surface area contributed by atoms with Crippen molar-refractivity contribution in [3.63, 3.8) is 0 Å². The summed E-state index contributed by atoms with van der Waals surface area (Å²) in [4.78, 5) is 25.5. The van der Waals surface area contributed by atoms with Crippen LogP contribution in [0.3, 0.4) is 0 Å². The maximum atomic E-state index is 12.5. The molecule has 1 saturated heterocycles. The Morgan fingerprint density at radius 2 is 2.11 bits per heavy atom. The Hall–Kier alpha value is -2.30. The van der Waals surface area contributed by atoms with E-state index in [0.29, 0.717) is 18.7 Å². The van der Waals surface area contributed by atoms with E-state index < -0.39 is 0 Å². The first-order chi connectivity index (χ1) is 9.16. The summed E-state index contributed by atoms with van der Waals surface area (Å²) < 4.78 is 1.94. The monoisotopic (exact) mass is 257 g/mol. The van der Waals surface area contributed by atoms with Crippen molar-refractivity contribution < 1.29 is 9.59 Å². The second-order valence-corrected chi connectivity index (χ2v) is 4.75. The van der Waals surface area contributed by atoms with Gasteiger partial charge in [-0.2, -0.15) is 0 Å². The van der Waals surface area contributed by atoms with E-state index in [1.807, 2.05) is 42.1 Å². The largest absolute Gasteiger partial charge is 0.353 e. The second-order valence-electron chi connectivity index (χ2n) is 4.75. The first-order valence-electron chi connectivity index (χ1n) is 6.27. The number of rotatable bonds is 1. The number of carbonyl (C=O) groups excluding carboxylic acids is 2. The lowest BCUT2D eigenvalue weighted by Gasteiger charge is -2.26. The van der Waals surface area contributed by atoms with Crippen LogP contribution in [0.2, 0.25) is 0 Å². The molecule has 1 N–H and O–H groups in total. The van der Waals surface area contributed by atoms with Gasteiger partial charge in [0.15, 0.2) is 0 Å². The normalized spacial score (nSPS) is 15.6. The zero-order valence-corrected chi connectivity index (χ0v) is 10.7. The van der Waals surface area contributed by atoms with Gasteiger partial charge in [0, 0.05) is 37.2 Å². The van der Waals surface area contributed by atoms with E-state index in [9.17, 15) is 9.59 Å². The van der Waals surface area contributed by atoms with E-state index >= 15 is 0 Å². The number of hydrogen-bond donors (Lipinski definition) is 1.